The number of rotatable bonds is 3. The highest BCUT2D eigenvalue weighted by molar-refractivity contribution is 5.50. The molecule has 0 aliphatic carbocycles. The van der Waals surface area contributed by atoms with Crippen molar-refractivity contribution < 1.29 is 5.11 Å². The molecule has 0 aliphatic heterocycles. The minimum Gasteiger partial charge on any atom is -0.396 e. The lowest BCUT2D eigenvalue weighted by Crippen LogP contribution is -1.91. The number of aliphatic hydroxyl groups excluding tert-OH is 1. The molecule has 4 heteroatoms. The van der Waals surface area contributed by atoms with Crippen LogP contribution < -0.4 is 0 Å². The van der Waals surface area contributed by atoms with E-state index in [1.807, 2.05) is 24.3 Å². The van der Waals surface area contributed by atoms with Gasteiger partial charge in [0.1, 0.15) is 0 Å². The van der Waals surface area contributed by atoms with Crippen LogP contribution in [0.5, 0.6) is 0 Å². The Balaban J connectivity index is 2.34. The van der Waals surface area contributed by atoms with E-state index in [-0.39, 0.29) is 6.61 Å². The second-order valence-electron chi connectivity index (χ2n) is 2.89. The highest BCUT2D eigenvalue weighted by atomic mass is 16.2. The molecule has 0 aliphatic rings. The van der Waals surface area contributed by atoms with Crippen LogP contribution in [0.1, 0.15) is 12.1 Å². The molecule has 0 bridgehead atoms. The molecule has 2 aromatic heterocycles. The summed E-state index contributed by atoms with van der Waals surface area (Å²) in [6.07, 6.45) is 7.94. The molecule has 0 spiro atoms. The zero-order valence-corrected chi connectivity index (χ0v) is 7.67. The van der Waals surface area contributed by atoms with E-state index < -0.39 is 0 Å². The summed E-state index contributed by atoms with van der Waals surface area (Å²) in [5.41, 5.74) is 1.75. The number of aromatic nitrogens is 3. The van der Waals surface area contributed by atoms with Crippen LogP contribution in [0, 0.1) is 0 Å². The summed E-state index contributed by atoms with van der Waals surface area (Å²) in [5.74, 6) is 0. The molecule has 0 aromatic carbocycles. The number of fused-ring (bicyclic) bond motifs is 1. The van der Waals surface area contributed by atoms with Crippen LogP contribution in [-0.4, -0.2) is 26.3 Å². The Hall–Kier alpha value is -1.68. The van der Waals surface area contributed by atoms with Gasteiger partial charge in [0.05, 0.1) is 11.9 Å². The fourth-order valence-electron chi connectivity index (χ4n) is 1.24. The van der Waals surface area contributed by atoms with Crippen molar-refractivity contribution in [2.45, 2.75) is 6.42 Å². The van der Waals surface area contributed by atoms with E-state index in [2.05, 4.69) is 10.1 Å². The topological polar surface area (TPSA) is 50.4 Å². The Labute approximate surface area is 81.5 Å². The van der Waals surface area contributed by atoms with Gasteiger partial charge in [0.15, 0.2) is 5.65 Å². The van der Waals surface area contributed by atoms with Gasteiger partial charge in [0.2, 0.25) is 0 Å². The van der Waals surface area contributed by atoms with Gasteiger partial charge in [-0.2, -0.15) is 5.10 Å². The second-order valence-corrected chi connectivity index (χ2v) is 2.89. The summed E-state index contributed by atoms with van der Waals surface area (Å²) in [6, 6.07) is 3.75. The summed E-state index contributed by atoms with van der Waals surface area (Å²) >= 11 is 0. The molecular formula is C10H11N3O. The Kier molecular flexibility index (Phi) is 2.55. The highest BCUT2D eigenvalue weighted by Gasteiger charge is 1.98. The van der Waals surface area contributed by atoms with Crippen LogP contribution in [0.4, 0.5) is 0 Å². The minimum atomic E-state index is 0.167. The standard InChI is InChI=1S/C10H11N3O/c14-7-2-1-4-9-8-11-10-5-3-6-12-13(9)10/h1,3-6,8,14H,2,7H2. The summed E-state index contributed by atoms with van der Waals surface area (Å²) in [4.78, 5) is 4.18. The quantitative estimate of drug-likeness (QED) is 0.787. The maximum Gasteiger partial charge on any atom is 0.154 e. The summed E-state index contributed by atoms with van der Waals surface area (Å²) in [6.45, 7) is 0.167. The third-order valence-electron chi connectivity index (χ3n) is 1.89. The van der Waals surface area contributed by atoms with E-state index in [9.17, 15) is 0 Å². The van der Waals surface area contributed by atoms with E-state index >= 15 is 0 Å². The first kappa shape index (κ1) is 8.90. The first-order valence-corrected chi connectivity index (χ1v) is 4.48. The Bertz CT molecular complexity index is 447. The molecule has 2 rings (SSSR count). The predicted octanol–water partition coefficient (Wildman–Crippen LogP) is 1.12. The van der Waals surface area contributed by atoms with Crippen molar-refractivity contribution in [2.24, 2.45) is 0 Å². The number of aliphatic hydroxyl groups is 1. The van der Waals surface area contributed by atoms with Crippen LogP contribution >= 0.6 is 0 Å². The summed E-state index contributed by atoms with van der Waals surface area (Å²) in [7, 11) is 0. The molecule has 14 heavy (non-hydrogen) atoms. The summed E-state index contributed by atoms with van der Waals surface area (Å²) < 4.78 is 1.76. The van der Waals surface area contributed by atoms with E-state index in [0.717, 1.165) is 11.3 Å². The molecule has 2 heterocycles. The van der Waals surface area contributed by atoms with Gasteiger partial charge < -0.3 is 5.11 Å². The number of imidazole rings is 1. The highest BCUT2D eigenvalue weighted by Crippen LogP contribution is 2.05. The molecule has 2 aromatic rings. The molecule has 0 saturated heterocycles. The van der Waals surface area contributed by atoms with E-state index in [4.69, 9.17) is 5.11 Å². The minimum absolute atomic E-state index is 0.167. The van der Waals surface area contributed by atoms with Crippen LogP contribution in [0.25, 0.3) is 11.7 Å². The first-order valence-electron chi connectivity index (χ1n) is 4.48. The van der Waals surface area contributed by atoms with Gasteiger partial charge in [-0.3, -0.25) is 0 Å². The molecule has 0 fully saturated rings. The van der Waals surface area contributed by atoms with Crippen LogP contribution in [0.3, 0.4) is 0 Å². The smallest absolute Gasteiger partial charge is 0.154 e. The van der Waals surface area contributed by atoms with Crippen molar-refractivity contribution in [1.29, 1.82) is 0 Å². The fourth-order valence-corrected chi connectivity index (χ4v) is 1.24. The summed E-state index contributed by atoms with van der Waals surface area (Å²) in [5, 5.41) is 12.8. The van der Waals surface area contributed by atoms with Crippen LogP contribution in [0.15, 0.2) is 30.6 Å². The Morgan fingerprint density at radius 3 is 3.29 bits per heavy atom. The predicted molar refractivity (Wildman–Crippen MR) is 53.7 cm³/mol. The average Bonchev–Trinajstić information content (AvgIpc) is 2.63. The van der Waals surface area contributed by atoms with Gasteiger partial charge in [-0.05, 0) is 24.6 Å². The van der Waals surface area contributed by atoms with E-state index in [1.54, 1.807) is 16.9 Å². The largest absolute Gasteiger partial charge is 0.396 e. The molecule has 0 saturated carbocycles. The number of nitrogens with zero attached hydrogens (tertiary/aromatic N) is 3. The van der Waals surface area contributed by atoms with Crippen molar-refractivity contribution >= 4 is 11.7 Å². The molecular weight excluding hydrogens is 178 g/mol. The van der Waals surface area contributed by atoms with Crippen molar-refractivity contribution in [3.05, 3.63) is 36.3 Å². The van der Waals surface area contributed by atoms with E-state index in [1.165, 1.54) is 0 Å². The van der Waals surface area contributed by atoms with Gasteiger partial charge in [-0.1, -0.05) is 6.08 Å². The lowest BCUT2D eigenvalue weighted by Gasteiger charge is -1.92. The SMILES string of the molecule is OCCC=Cc1cnc2cccnn12. The molecule has 0 radical (unpaired) electrons. The lowest BCUT2D eigenvalue weighted by atomic mass is 10.3. The Morgan fingerprint density at radius 1 is 1.50 bits per heavy atom. The maximum atomic E-state index is 8.62. The molecule has 1 N–H and O–H groups in total. The number of hydrogen-bond donors (Lipinski definition) is 1. The Morgan fingerprint density at radius 2 is 2.43 bits per heavy atom. The van der Waals surface area contributed by atoms with Gasteiger partial charge >= 0.3 is 0 Å². The van der Waals surface area contributed by atoms with Crippen LogP contribution in [-0.2, 0) is 0 Å². The zero-order chi connectivity index (χ0) is 9.80. The monoisotopic (exact) mass is 189 g/mol. The third kappa shape index (κ3) is 1.65. The van der Waals surface area contributed by atoms with Crippen molar-refractivity contribution in [2.75, 3.05) is 6.61 Å². The second kappa shape index (κ2) is 4.02. The molecule has 4 nitrogen and oxygen atoms in total. The van der Waals surface area contributed by atoms with Gasteiger partial charge in [0, 0.05) is 12.8 Å². The van der Waals surface area contributed by atoms with Crippen LogP contribution in [0.2, 0.25) is 0 Å². The van der Waals surface area contributed by atoms with Crippen molar-refractivity contribution in [1.82, 2.24) is 14.6 Å². The third-order valence-corrected chi connectivity index (χ3v) is 1.89. The first-order chi connectivity index (χ1) is 6.92. The lowest BCUT2D eigenvalue weighted by molar-refractivity contribution is 0.303. The van der Waals surface area contributed by atoms with Crippen molar-refractivity contribution in [3.63, 3.8) is 0 Å². The van der Waals surface area contributed by atoms with Crippen molar-refractivity contribution in [3.8, 4) is 0 Å². The van der Waals surface area contributed by atoms with E-state index in [0.29, 0.717) is 6.42 Å². The van der Waals surface area contributed by atoms with Gasteiger partial charge in [0.25, 0.3) is 0 Å². The molecule has 0 amide bonds. The van der Waals surface area contributed by atoms with Gasteiger partial charge in [-0.15, -0.1) is 0 Å². The average molecular weight is 189 g/mol. The molecule has 0 atom stereocenters. The maximum absolute atomic E-state index is 8.62. The normalized spacial score (nSPS) is 11.5. The molecule has 72 valence electrons. The van der Waals surface area contributed by atoms with Gasteiger partial charge in [-0.25, -0.2) is 9.50 Å². The number of hydrogen-bond acceptors (Lipinski definition) is 3. The fraction of sp³-hybridized carbons (Fsp3) is 0.200. The zero-order valence-electron chi connectivity index (χ0n) is 7.67. The molecule has 0 unspecified atom stereocenters.